The van der Waals surface area contributed by atoms with Crippen molar-refractivity contribution < 1.29 is 14.3 Å². The van der Waals surface area contributed by atoms with E-state index >= 15 is 0 Å². The third kappa shape index (κ3) is 4.16. The predicted octanol–water partition coefficient (Wildman–Crippen LogP) is 4.42. The first kappa shape index (κ1) is 21.1. The van der Waals surface area contributed by atoms with Crippen LogP contribution in [0.3, 0.4) is 0 Å². The maximum absolute atomic E-state index is 12.4. The Balaban J connectivity index is 1.41. The lowest BCUT2D eigenvalue weighted by atomic mass is 9.86. The summed E-state index contributed by atoms with van der Waals surface area (Å²) in [6.07, 6.45) is 6.90. The maximum Gasteiger partial charge on any atom is 0.309 e. The van der Waals surface area contributed by atoms with E-state index in [0.717, 1.165) is 53.1 Å². The molecule has 1 aliphatic carbocycles. The van der Waals surface area contributed by atoms with E-state index < -0.39 is 0 Å². The molecule has 8 heteroatoms. The van der Waals surface area contributed by atoms with E-state index in [-0.39, 0.29) is 18.0 Å². The van der Waals surface area contributed by atoms with Crippen molar-refractivity contribution in [3.8, 4) is 11.6 Å². The zero-order chi connectivity index (χ0) is 22.1. The van der Waals surface area contributed by atoms with E-state index in [0.29, 0.717) is 24.6 Å². The first-order valence-corrected chi connectivity index (χ1v) is 11.8. The quantitative estimate of drug-likeness (QED) is 0.497. The van der Waals surface area contributed by atoms with Gasteiger partial charge in [0.25, 0.3) is 0 Å². The molecule has 0 radical (unpaired) electrons. The molecular weight excluding hydrogens is 472 g/mol. The minimum atomic E-state index is -0.270. The highest BCUT2D eigenvalue weighted by Crippen LogP contribution is 2.37. The Hall–Kier alpha value is -2.74. The summed E-state index contributed by atoms with van der Waals surface area (Å²) in [6.45, 7) is 0. The number of rotatable bonds is 4. The minimum absolute atomic E-state index is 0.166. The molecule has 0 spiro atoms. The Morgan fingerprint density at radius 2 is 1.94 bits per heavy atom. The summed E-state index contributed by atoms with van der Waals surface area (Å²) in [5, 5.41) is 9.13. The highest BCUT2D eigenvalue weighted by Gasteiger charge is 2.33. The van der Waals surface area contributed by atoms with Gasteiger partial charge < -0.3 is 9.47 Å². The highest BCUT2D eigenvalue weighted by molar-refractivity contribution is 9.10. The largest absolute Gasteiger partial charge is 0.474 e. The molecule has 1 atom stereocenters. The number of ether oxygens (including phenoxy) is 2. The zero-order valence-electron chi connectivity index (χ0n) is 17.9. The number of esters is 1. The molecule has 1 unspecified atom stereocenters. The highest BCUT2D eigenvalue weighted by atomic mass is 79.9. The molecule has 3 aromatic rings. The fraction of sp³-hybridized carbons (Fsp3) is 0.417. The van der Waals surface area contributed by atoms with Crippen LogP contribution in [-0.2, 0) is 22.4 Å². The summed E-state index contributed by atoms with van der Waals surface area (Å²) in [5.41, 5.74) is 2.16. The van der Waals surface area contributed by atoms with Gasteiger partial charge in [0.2, 0.25) is 5.88 Å². The lowest BCUT2D eigenvalue weighted by Gasteiger charge is -2.28. The number of hydrogen-bond donors (Lipinski definition) is 0. The molecule has 32 heavy (non-hydrogen) atoms. The van der Waals surface area contributed by atoms with Gasteiger partial charge in [-0.05, 0) is 61.9 Å². The summed E-state index contributed by atoms with van der Waals surface area (Å²) in [5.74, 6) is 2.30. The molecular formula is C24H25BrN4O3. The monoisotopic (exact) mass is 496 g/mol. The van der Waals surface area contributed by atoms with Crippen LogP contribution in [0.5, 0.6) is 5.88 Å². The van der Waals surface area contributed by atoms with Crippen molar-refractivity contribution in [1.82, 2.24) is 19.7 Å². The molecule has 1 fully saturated rings. The normalized spacial score (nSPS) is 22.4. The van der Waals surface area contributed by atoms with Gasteiger partial charge in [-0.15, -0.1) is 10.2 Å². The smallest absolute Gasteiger partial charge is 0.309 e. The summed E-state index contributed by atoms with van der Waals surface area (Å²) in [6, 6.07) is 11.9. The van der Waals surface area contributed by atoms with Crippen LogP contribution in [-0.4, -0.2) is 38.9 Å². The summed E-state index contributed by atoms with van der Waals surface area (Å²) in [7, 11) is 1.44. The first-order valence-electron chi connectivity index (χ1n) is 11.0. The Kier molecular flexibility index (Phi) is 5.95. The lowest BCUT2D eigenvalue weighted by molar-refractivity contribution is -0.145. The van der Waals surface area contributed by atoms with Crippen LogP contribution in [0.15, 0.2) is 47.1 Å². The fourth-order valence-corrected chi connectivity index (χ4v) is 5.25. The lowest BCUT2D eigenvalue weighted by Crippen LogP contribution is -2.25. The van der Waals surface area contributed by atoms with Crippen LogP contribution < -0.4 is 4.74 Å². The second kappa shape index (κ2) is 9.02. The molecule has 2 aliphatic rings. The molecule has 1 aromatic carbocycles. The van der Waals surface area contributed by atoms with Gasteiger partial charge in [-0.3, -0.25) is 9.36 Å². The second-order valence-electron chi connectivity index (χ2n) is 8.47. The van der Waals surface area contributed by atoms with Crippen LogP contribution in [0.1, 0.15) is 48.8 Å². The molecule has 0 amide bonds. The van der Waals surface area contributed by atoms with Gasteiger partial charge in [-0.25, -0.2) is 4.98 Å². The Morgan fingerprint density at radius 3 is 2.69 bits per heavy atom. The average Bonchev–Trinajstić information content (AvgIpc) is 3.15. The van der Waals surface area contributed by atoms with Gasteiger partial charge in [0.05, 0.1) is 18.7 Å². The Bertz CT molecular complexity index is 1110. The van der Waals surface area contributed by atoms with Gasteiger partial charge in [0.1, 0.15) is 17.8 Å². The Labute approximate surface area is 195 Å². The van der Waals surface area contributed by atoms with E-state index in [1.54, 1.807) is 6.20 Å². The molecule has 7 nitrogen and oxygen atoms in total. The Morgan fingerprint density at radius 1 is 1.09 bits per heavy atom. The van der Waals surface area contributed by atoms with E-state index in [9.17, 15) is 4.79 Å². The number of aromatic nitrogens is 4. The standard InChI is InChI=1S/C24H25BrN4O3/c1-31-24(30)17-12-16-13-18(25)7-10-20(16)29-21(14-17)27-28-23(29)15-5-8-19(9-6-15)32-22-4-2-3-11-26-22/h2-4,7,10-11,13,15,17,19H,5-6,8-9,12,14H2,1H3/t15-,17?,19-. The molecule has 1 aliphatic heterocycles. The third-order valence-electron chi connectivity index (χ3n) is 6.43. The summed E-state index contributed by atoms with van der Waals surface area (Å²) < 4.78 is 14.3. The van der Waals surface area contributed by atoms with Crippen molar-refractivity contribution in [1.29, 1.82) is 0 Å². The third-order valence-corrected chi connectivity index (χ3v) is 6.93. The predicted molar refractivity (Wildman–Crippen MR) is 122 cm³/mol. The van der Waals surface area contributed by atoms with Crippen LogP contribution in [0.2, 0.25) is 0 Å². The topological polar surface area (TPSA) is 79.1 Å². The van der Waals surface area contributed by atoms with Gasteiger partial charge in [-0.1, -0.05) is 22.0 Å². The molecule has 5 rings (SSSR count). The molecule has 0 saturated heterocycles. The van der Waals surface area contributed by atoms with Crippen LogP contribution in [0, 0.1) is 5.92 Å². The van der Waals surface area contributed by atoms with Gasteiger partial charge in [0.15, 0.2) is 0 Å². The fourth-order valence-electron chi connectivity index (χ4n) is 4.84. The number of nitrogens with zero attached hydrogens (tertiary/aromatic N) is 4. The number of benzene rings is 1. The van der Waals surface area contributed by atoms with Gasteiger partial charge in [0, 0.05) is 29.1 Å². The number of halogens is 1. The van der Waals surface area contributed by atoms with Crippen LogP contribution in [0.4, 0.5) is 0 Å². The van der Waals surface area contributed by atoms with Crippen molar-refractivity contribution in [3.63, 3.8) is 0 Å². The second-order valence-corrected chi connectivity index (χ2v) is 9.39. The van der Waals surface area contributed by atoms with Crippen molar-refractivity contribution in [2.75, 3.05) is 7.11 Å². The molecule has 166 valence electrons. The average molecular weight is 497 g/mol. The molecule has 0 N–H and O–H groups in total. The van der Waals surface area contributed by atoms with Crippen molar-refractivity contribution in [2.24, 2.45) is 5.92 Å². The summed E-state index contributed by atoms with van der Waals surface area (Å²) in [4.78, 5) is 16.7. The number of hydrogen-bond acceptors (Lipinski definition) is 6. The van der Waals surface area contributed by atoms with E-state index in [1.807, 2.05) is 24.3 Å². The van der Waals surface area contributed by atoms with Gasteiger partial charge in [-0.2, -0.15) is 0 Å². The summed E-state index contributed by atoms with van der Waals surface area (Å²) >= 11 is 3.57. The van der Waals surface area contributed by atoms with E-state index in [2.05, 4.69) is 47.8 Å². The maximum atomic E-state index is 12.4. The van der Waals surface area contributed by atoms with Crippen LogP contribution in [0.25, 0.3) is 5.69 Å². The number of carbonyl (C=O) groups is 1. The number of methoxy groups -OCH3 is 1. The van der Waals surface area contributed by atoms with Crippen LogP contribution >= 0.6 is 15.9 Å². The van der Waals surface area contributed by atoms with E-state index in [4.69, 9.17) is 9.47 Å². The number of carbonyl (C=O) groups excluding carboxylic acids is 1. The number of fused-ring (bicyclic) bond motifs is 3. The van der Waals surface area contributed by atoms with Crippen molar-refractivity contribution in [3.05, 3.63) is 64.3 Å². The molecule has 3 heterocycles. The molecule has 0 bridgehead atoms. The first-order chi connectivity index (χ1) is 15.6. The zero-order valence-corrected chi connectivity index (χ0v) is 19.5. The SMILES string of the molecule is COC(=O)C1Cc2cc(Br)ccc2-n2c(nnc2[C@H]2CC[C@H](Oc3ccccn3)CC2)C1. The van der Waals surface area contributed by atoms with E-state index in [1.165, 1.54) is 7.11 Å². The number of pyridine rings is 1. The molecule has 2 aromatic heterocycles. The van der Waals surface area contributed by atoms with Crippen molar-refractivity contribution in [2.45, 2.75) is 50.5 Å². The molecule has 1 saturated carbocycles. The van der Waals surface area contributed by atoms with Gasteiger partial charge >= 0.3 is 5.97 Å². The minimum Gasteiger partial charge on any atom is -0.474 e. The van der Waals surface area contributed by atoms with Crippen molar-refractivity contribution >= 4 is 21.9 Å².